The number of unbranched alkanes of at least 4 members (excludes halogenated alkanes) is 1. The average molecular weight is 216 g/mol. The van der Waals surface area contributed by atoms with Gasteiger partial charge in [-0.25, -0.2) is 9.59 Å². The predicted octanol–water partition coefficient (Wildman–Crippen LogP) is 1.04. The first-order valence-electron chi connectivity index (χ1n) is 5.32. The lowest BCUT2D eigenvalue weighted by molar-refractivity contribution is -0.144. The molecule has 2 N–H and O–H groups in total. The van der Waals surface area contributed by atoms with E-state index >= 15 is 0 Å². The van der Waals surface area contributed by atoms with Crippen LogP contribution in [0.5, 0.6) is 0 Å². The van der Waals surface area contributed by atoms with Gasteiger partial charge in [0.05, 0.1) is 6.61 Å². The molecule has 0 aromatic rings. The van der Waals surface area contributed by atoms with Gasteiger partial charge in [0, 0.05) is 6.54 Å². The SMILES string of the molecule is CCCCNC(=O)NC(C)C(=O)OCC. The van der Waals surface area contributed by atoms with E-state index in [0.717, 1.165) is 12.8 Å². The minimum Gasteiger partial charge on any atom is -0.464 e. The first-order chi connectivity index (χ1) is 7.11. The summed E-state index contributed by atoms with van der Waals surface area (Å²) in [5.41, 5.74) is 0. The second kappa shape index (κ2) is 8.08. The highest BCUT2D eigenvalue weighted by atomic mass is 16.5. The molecule has 0 aromatic carbocycles. The van der Waals surface area contributed by atoms with Crippen molar-refractivity contribution in [3.63, 3.8) is 0 Å². The number of urea groups is 1. The molecule has 0 saturated carbocycles. The van der Waals surface area contributed by atoms with Crippen molar-refractivity contribution in [3.05, 3.63) is 0 Å². The maximum Gasteiger partial charge on any atom is 0.328 e. The van der Waals surface area contributed by atoms with Gasteiger partial charge in [0.15, 0.2) is 0 Å². The summed E-state index contributed by atoms with van der Waals surface area (Å²) in [6.45, 7) is 6.31. The van der Waals surface area contributed by atoms with Gasteiger partial charge in [-0.2, -0.15) is 0 Å². The van der Waals surface area contributed by atoms with Crippen molar-refractivity contribution >= 4 is 12.0 Å². The summed E-state index contributed by atoms with van der Waals surface area (Å²) in [6, 6.07) is -0.935. The third kappa shape index (κ3) is 6.76. The summed E-state index contributed by atoms with van der Waals surface area (Å²) in [5.74, 6) is -0.414. The number of rotatable bonds is 6. The zero-order chi connectivity index (χ0) is 11.7. The Morgan fingerprint density at radius 2 is 2.00 bits per heavy atom. The molecule has 88 valence electrons. The molecule has 1 unspecified atom stereocenters. The summed E-state index contributed by atoms with van der Waals surface area (Å²) < 4.78 is 4.75. The van der Waals surface area contributed by atoms with Crippen molar-refractivity contribution in [1.29, 1.82) is 0 Å². The quantitative estimate of drug-likeness (QED) is 0.515. The van der Waals surface area contributed by atoms with E-state index in [1.54, 1.807) is 13.8 Å². The van der Waals surface area contributed by atoms with Crippen LogP contribution in [0.1, 0.15) is 33.6 Å². The molecule has 0 spiro atoms. The second-order valence-electron chi connectivity index (χ2n) is 3.23. The molecule has 5 heteroatoms. The van der Waals surface area contributed by atoms with Crippen molar-refractivity contribution in [2.45, 2.75) is 39.7 Å². The summed E-state index contributed by atoms with van der Waals surface area (Å²) >= 11 is 0. The van der Waals surface area contributed by atoms with E-state index in [1.807, 2.05) is 6.92 Å². The minimum atomic E-state index is -0.605. The van der Waals surface area contributed by atoms with Crippen LogP contribution in [0, 0.1) is 0 Å². The molecule has 0 saturated heterocycles. The standard InChI is InChI=1S/C10H20N2O3/c1-4-6-7-11-10(14)12-8(3)9(13)15-5-2/h8H,4-7H2,1-3H3,(H2,11,12,14). The number of carbonyl (C=O) groups is 2. The van der Waals surface area contributed by atoms with Gasteiger partial charge in [-0.15, -0.1) is 0 Å². The Kier molecular flexibility index (Phi) is 7.40. The summed E-state index contributed by atoms with van der Waals surface area (Å²) in [7, 11) is 0. The van der Waals surface area contributed by atoms with E-state index in [1.165, 1.54) is 0 Å². The topological polar surface area (TPSA) is 67.4 Å². The molecule has 0 radical (unpaired) electrons. The third-order valence-electron chi connectivity index (χ3n) is 1.80. The zero-order valence-electron chi connectivity index (χ0n) is 9.63. The number of ether oxygens (including phenoxy) is 1. The van der Waals surface area contributed by atoms with Crippen LogP contribution >= 0.6 is 0 Å². The molecule has 0 aliphatic heterocycles. The fourth-order valence-corrected chi connectivity index (χ4v) is 0.953. The molecule has 2 amide bonds. The minimum absolute atomic E-state index is 0.322. The highest BCUT2D eigenvalue weighted by Crippen LogP contribution is 1.88. The molecule has 0 fully saturated rings. The fourth-order valence-electron chi connectivity index (χ4n) is 0.953. The number of esters is 1. The Morgan fingerprint density at radius 3 is 2.53 bits per heavy atom. The van der Waals surface area contributed by atoms with Crippen molar-refractivity contribution in [2.75, 3.05) is 13.2 Å². The van der Waals surface area contributed by atoms with E-state index in [9.17, 15) is 9.59 Å². The maximum atomic E-state index is 11.2. The number of carbonyl (C=O) groups excluding carboxylic acids is 2. The van der Waals surface area contributed by atoms with E-state index in [-0.39, 0.29) is 6.03 Å². The van der Waals surface area contributed by atoms with E-state index < -0.39 is 12.0 Å². The highest BCUT2D eigenvalue weighted by molar-refractivity contribution is 5.83. The van der Waals surface area contributed by atoms with Crippen LogP contribution in [0.3, 0.4) is 0 Å². The number of nitrogens with one attached hydrogen (secondary N) is 2. The van der Waals surface area contributed by atoms with Crippen molar-refractivity contribution in [2.24, 2.45) is 0 Å². The van der Waals surface area contributed by atoms with Gasteiger partial charge in [0.25, 0.3) is 0 Å². The zero-order valence-corrected chi connectivity index (χ0v) is 9.63. The summed E-state index contributed by atoms with van der Waals surface area (Å²) in [5, 5.41) is 5.15. The van der Waals surface area contributed by atoms with Gasteiger partial charge in [0.2, 0.25) is 0 Å². The van der Waals surface area contributed by atoms with Crippen LogP contribution in [-0.2, 0) is 9.53 Å². The van der Waals surface area contributed by atoms with Gasteiger partial charge in [0.1, 0.15) is 6.04 Å². The Labute approximate surface area is 90.6 Å². The molecular weight excluding hydrogens is 196 g/mol. The number of amides is 2. The van der Waals surface area contributed by atoms with Crippen LogP contribution in [0.2, 0.25) is 0 Å². The van der Waals surface area contributed by atoms with Crippen LogP contribution in [0.25, 0.3) is 0 Å². The molecule has 0 bridgehead atoms. The lowest BCUT2D eigenvalue weighted by atomic mass is 10.3. The summed E-state index contributed by atoms with van der Waals surface area (Å²) in [4.78, 5) is 22.4. The van der Waals surface area contributed by atoms with Gasteiger partial charge in [-0.3, -0.25) is 0 Å². The van der Waals surface area contributed by atoms with Crippen LogP contribution in [0.15, 0.2) is 0 Å². The largest absolute Gasteiger partial charge is 0.464 e. The lowest BCUT2D eigenvalue weighted by Gasteiger charge is -2.13. The second-order valence-corrected chi connectivity index (χ2v) is 3.23. The predicted molar refractivity (Wildman–Crippen MR) is 57.5 cm³/mol. The molecule has 0 heterocycles. The Balaban J connectivity index is 3.70. The molecule has 0 aliphatic rings. The van der Waals surface area contributed by atoms with Gasteiger partial charge in [-0.05, 0) is 20.3 Å². The Morgan fingerprint density at radius 1 is 1.33 bits per heavy atom. The molecule has 15 heavy (non-hydrogen) atoms. The first-order valence-corrected chi connectivity index (χ1v) is 5.32. The highest BCUT2D eigenvalue weighted by Gasteiger charge is 2.15. The Bertz CT molecular complexity index is 207. The molecular formula is C10H20N2O3. The van der Waals surface area contributed by atoms with Crippen LogP contribution in [-0.4, -0.2) is 31.2 Å². The lowest BCUT2D eigenvalue weighted by Crippen LogP contribution is -2.45. The monoisotopic (exact) mass is 216 g/mol. The van der Waals surface area contributed by atoms with Gasteiger partial charge in [-0.1, -0.05) is 13.3 Å². The average Bonchev–Trinajstić information content (AvgIpc) is 2.18. The summed E-state index contributed by atoms with van der Waals surface area (Å²) in [6.07, 6.45) is 1.95. The molecule has 1 atom stereocenters. The van der Waals surface area contributed by atoms with Gasteiger partial charge >= 0.3 is 12.0 Å². The smallest absolute Gasteiger partial charge is 0.328 e. The van der Waals surface area contributed by atoms with Crippen molar-refractivity contribution < 1.29 is 14.3 Å². The van der Waals surface area contributed by atoms with Crippen LogP contribution in [0.4, 0.5) is 4.79 Å². The number of hydrogen-bond donors (Lipinski definition) is 2. The molecule has 0 aromatic heterocycles. The van der Waals surface area contributed by atoms with E-state index in [4.69, 9.17) is 4.74 Å². The normalized spacial score (nSPS) is 11.7. The Hall–Kier alpha value is -1.26. The van der Waals surface area contributed by atoms with Crippen molar-refractivity contribution in [1.82, 2.24) is 10.6 Å². The molecule has 0 rings (SSSR count). The van der Waals surface area contributed by atoms with Gasteiger partial charge < -0.3 is 15.4 Å². The number of hydrogen-bond acceptors (Lipinski definition) is 3. The maximum absolute atomic E-state index is 11.2. The van der Waals surface area contributed by atoms with Crippen LogP contribution < -0.4 is 10.6 Å². The molecule has 0 aliphatic carbocycles. The molecule has 5 nitrogen and oxygen atoms in total. The third-order valence-corrected chi connectivity index (χ3v) is 1.80. The first kappa shape index (κ1) is 13.7. The van der Waals surface area contributed by atoms with E-state index in [0.29, 0.717) is 13.2 Å². The van der Waals surface area contributed by atoms with E-state index in [2.05, 4.69) is 10.6 Å². The fraction of sp³-hybridized carbons (Fsp3) is 0.800. The van der Waals surface area contributed by atoms with Crippen molar-refractivity contribution in [3.8, 4) is 0 Å².